The minimum Gasteiger partial charge on any atom is -0.507 e. The molecule has 0 spiro atoms. The zero-order valence-electron chi connectivity index (χ0n) is 23.6. The molecule has 0 aromatic heterocycles. The normalized spacial score (nSPS) is 17.8. The van der Waals surface area contributed by atoms with Gasteiger partial charge in [0.2, 0.25) is 0 Å². The molecule has 0 aliphatic carbocycles. The van der Waals surface area contributed by atoms with Gasteiger partial charge in [-0.15, -0.1) is 0 Å². The van der Waals surface area contributed by atoms with Gasteiger partial charge in [0.05, 0.1) is 18.2 Å². The molecule has 1 atom stereocenters. The zero-order chi connectivity index (χ0) is 27.5. The molecule has 1 amide bonds. The molecular formula is C31H42N2O4. The lowest BCUT2D eigenvalue weighted by Crippen LogP contribution is -2.32. The first-order valence-corrected chi connectivity index (χ1v) is 13.1. The van der Waals surface area contributed by atoms with Crippen LogP contribution in [0, 0.1) is 12.8 Å². The minimum absolute atomic E-state index is 0.0252. The first-order chi connectivity index (χ1) is 17.3. The number of aliphatic hydroxyl groups is 1. The predicted molar refractivity (Wildman–Crippen MR) is 149 cm³/mol. The highest BCUT2D eigenvalue weighted by Crippen LogP contribution is 2.40. The van der Waals surface area contributed by atoms with Gasteiger partial charge < -0.3 is 19.6 Å². The van der Waals surface area contributed by atoms with Crippen LogP contribution in [0.5, 0.6) is 5.75 Å². The Morgan fingerprint density at radius 2 is 1.73 bits per heavy atom. The Labute approximate surface area is 221 Å². The highest BCUT2D eigenvalue weighted by atomic mass is 16.5. The molecule has 2 aromatic carbocycles. The number of nitrogens with zero attached hydrogens (tertiary/aromatic N) is 2. The summed E-state index contributed by atoms with van der Waals surface area (Å²) in [5, 5.41) is 11.5. The third kappa shape index (κ3) is 6.61. The number of aryl methyl sites for hydroxylation is 1. The predicted octanol–water partition coefficient (Wildman–Crippen LogP) is 5.70. The Hall–Kier alpha value is -3.12. The van der Waals surface area contributed by atoms with Crippen molar-refractivity contribution < 1.29 is 19.4 Å². The molecule has 1 fully saturated rings. The molecule has 1 aliphatic rings. The highest BCUT2D eigenvalue weighted by Gasteiger charge is 2.46. The van der Waals surface area contributed by atoms with E-state index in [2.05, 4.69) is 39.5 Å². The molecule has 1 heterocycles. The van der Waals surface area contributed by atoms with Gasteiger partial charge in [-0.3, -0.25) is 9.59 Å². The van der Waals surface area contributed by atoms with Crippen LogP contribution in [0.15, 0.2) is 48.0 Å². The van der Waals surface area contributed by atoms with E-state index in [9.17, 15) is 14.7 Å². The molecule has 1 N–H and O–H groups in total. The number of carbonyl (C=O) groups is 2. The Morgan fingerprint density at radius 3 is 2.27 bits per heavy atom. The van der Waals surface area contributed by atoms with E-state index in [1.807, 2.05) is 51.4 Å². The SMILES string of the molecule is Cc1cc(OCC(C)C)ccc1/C(O)=C1\C(=O)C(=O)N(CCCN(C)C)[C@H]1c1ccc(C(C)(C)C)cc1. The maximum atomic E-state index is 13.3. The van der Waals surface area contributed by atoms with Gasteiger partial charge in [0.1, 0.15) is 11.5 Å². The van der Waals surface area contributed by atoms with Crippen molar-refractivity contribution in [1.82, 2.24) is 9.80 Å². The van der Waals surface area contributed by atoms with Crippen molar-refractivity contribution in [2.75, 3.05) is 33.8 Å². The van der Waals surface area contributed by atoms with E-state index in [1.165, 1.54) is 0 Å². The van der Waals surface area contributed by atoms with Crippen LogP contribution in [0.4, 0.5) is 0 Å². The molecule has 6 nitrogen and oxygen atoms in total. The van der Waals surface area contributed by atoms with Crippen LogP contribution < -0.4 is 4.74 Å². The maximum absolute atomic E-state index is 13.3. The van der Waals surface area contributed by atoms with Crippen molar-refractivity contribution in [2.24, 2.45) is 5.92 Å². The van der Waals surface area contributed by atoms with Crippen LogP contribution in [-0.4, -0.2) is 60.4 Å². The number of ketones is 1. The molecular weight excluding hydrogens is 464 g/mol. The average molecular weight is 507 g/mol. The monoisotopic (exact) mass is 506 g/mol. The summed E-state index contributed by atoms with van der Waals surface area (Å²) in [6.07, 6.45) is 0.720. The molecule has 0 radical (unpaired) electrons. The summed E-state index contributed by atoms with van der Waals surface area (Å²) < 4.78 is 5.83. The Balaban J connectivity index is 2.07. The first-order valence-electron chi connectivity index (χ1n) is 13.1. The number of amides is 1. The summed E-state index contributed by atoms with van der Waals surface area (Å²) in [5.41, 5.74) is 3.39. The van der Waals surface area contributed by atoms with E-state index < -0.39 is 17.7 Å². The van der Waals surface area contributed by atoms with E-state index in [-0.39, 0.29) is 16.7 Å². The molecule has 2 aromatic rings. The third-order valence-electron chi connectivity index (χ3n) is 6.67. The Bertz CT molecular complexity index is 1160. The molecule has 3 rings (SSSR count). The Morgan fingerprint density at radius 1 is 1.08 bits per heavy atom. The van der Waals surface area contributed by atoms with Crippen LogP contribution in [0.25, 0.3) is 5.76 Å². The molecule has 0 saturated carbocycles. The fourth-order valence-electron chi connectivity index (χ4n) is 4.58. The van der Waals surface area contributed by atoms with Gasteiger partial charge >= 0.3 is 0 Å². The van der Waals surface area contributed by atoms with Crippen molar-refractivity contribution in [3.63, 3.8) is 0 Å². The molecule has 1 saturated heterocycles. The topological polar surface area (TPSA) is 70.1 Å². The summed E-state index contributed by atoms with van der Waals surface area (Å²) in [7, 11) is 3.96. The number of carbonyl (C=O) groups excluding carboxylic acids is 2. The van der Waals surface area contributed by atoms with Crippen LogP contribution >= 0.6 is 0 Å². The van der Waals surface area contributed by atoms with E-state index in [1.54, 1.807) is 17.0 Å². The van der Waals surface area contributed by atoms with Gasteiger partial charge in [-0.25, -0.2) is 0 Å². The largest absolute Gasteiger partial charge is 0.507 e. The Kier molecular flexibility index (Phi) is 8.85. The molecule has 6 heteroatoms. The average Bonchev–Trinajstić information content (AvgIpc) is 3.06. The standard InChI is InChI=1S/C31H42N2O4/c1-20(2)19-37-24-14-15-25(21(3)18-24)28(34)26-27(22-10-12-23(13-11-22)31(4,5)6)33(30(36)29(26)35)17-9-16-32(7)8/h10-15,18,20,27,34H,9,16-17,19H2,1-8H3/b28-26+/t27-/m0/s1. The summed E-state index contributed by atoms with van der Waals surface area (Å²) in [5.74, 6) is -0.263. The fraction of sp³-hybridized carbons (Fsp3) is 0.484. The smallest absolute Gasteiger partial charge is 0.295 e. The van der Waals surface area contributed by atoms with Crippen LogP contribution in [0.1, 0.15) is 69.3 Å². The van der Waals surface area contributed by atoms with E-state index >= 15 is 0 Å². The van der Waals surface area contributed by atoms with Crippen LogP contribution in [0.3, 0.4) is 0 Å². The summed E-state index contributed by atoms with van der Waals surface area (Å²) in [6.45, 7) is 14.3. The van der Waals surface area contributed by atoms with Gasteiger partial charge in [0.25, 0.3) is 11.7 Å². The number of benzene rings is 2. The number of Topliss-reactive ketones (excluding diaryl/α,β-unsaturated/α-hetero) is 1. The second-order valence-electron chi connectivity index (χ2n) is 11.7. The molecule has 200 valence electrons. The molecule has 0 bridgehead atoms. The third-order valence-corrected chi connectivity index (χ3v) is 6.67. The number of aliphatic hydroxyl groups excluding tert-OH is 1. The first kappa shape index (κ1) is 28.5. The second-order valence-corrected chi connectivity index (χ2v) is 11.7. The lowest BCUT2D eigenvalue weighted by Gasteiger charge is -2.27. The van der Waals surface area contributed by atoms with Crippen LogP contribution in [-0.2, 0) is 15.0 Å². The van der Waals surface area contributed by atoms with Gasteiger partial charge in [-0.1, -0.05) is 58.9 Å². The maximum Gasteiger partial charge on any atom is 0.295 e. The van der Waals surface area contributed by atoms with Crippen molar-refractivity contribution in [3.8, 4) is 5.75 Å². The number of hydrogen-bond acceptors (Lipinski definition) is 5. The van der Waals surface area contributed by atoms with Gasteiger partial charge in [0.15, 0.2) is 0 Å². The summed E-state index contributed by atoms with van der Waals surface area (Å²) >= 11 is 0. The van der Waals surface area contributed by atoms with Gasteiger partial charge in [-0.2, -0.15) is 0 Å². The number of hydrogen-bond donors (Lipinski definition) is 1. The van der Waals surface area contributed by atoms with E-state index in [0.717, 1.165) is 29.7 Å². The molecule has 1 aliphatic heterocycles. The summed E-state index contributed by atoms with van der Waals surface area (Å²) in [4.78, 5) is 30.2. The van der Waals surface area contributed by atoms with Crippen molar-refractivity contribution in [1.29, 1.82) is 0 Å². The number of likely N-dealkylation sites (tertiary alicyclic amines) is 1. The zero-order valence-corrected chi connectivity index (χ0v) is 23.6. The van der Waals surface area contributed by atoms with Crippen molar-refractivity contribution in [2.45, 2.75) is 59.4 Å². The quantitative estimate of drug-likeness (QED) is 0.268. The molecule has 0 unspecified atom stereocenters. The lowest BCUT2D eigenvalue weighted by atomic mass is 9.85. The number of rotatable bonds is 9. The minimum atomic E-state index is -0.646. The van der Waals surface area contributed by atoms with E-state index in [4.69, 9.17) is 4.74 Å². The van der Waals surface area contributed by atoms with Gasteiger partial charge in [-0.05, 0) is 80.2 Å². The lowest BCUT2D eigenvalue weighted by molar-refractivity contribution is -0.139. The second kappa shape index (κ2) is 11.5. The number of ether oxygens (including phenoxy) is 1. The van der Waals surface area contributed by atoms with E-state index in [0.29, 0.717) is 30.4 Å². The fourth-order valence-corrected chi connectivity index (χ4v) is 4.58. The van der Waals surface area contributed by atoms with Crippen LogP contribution in [0.2, 0.25) is 0 Å². The van der Waals surface area contributed by atoms with Gasteiger partial charge in [0, 0.05) is 12.1 Å². The van der Waals surface area contributed by atoms with Crippen molar-refractivity contribution >= 4 is 17.4 Å². The summed E-state index contributed by atoms with van der Waals surface area (Å²) in [6, 6.07) is 12.8. The molecule has 37 heavy (non-hydrogen) atoms. The highest BCUT2D eigenvalue weighted by molar-refractivity contribution is 6.46. The van der Waals surface area contributed by atoms with Crippen molar-refractivity contribution in [3.05, 3.63) is 70.3 Å².